The Morgan fingerprint density at radius 1 is 1.07 bits per heavy atom. The minimum Gasteiger partial charge on any atom is -0.484 e. The number of aromatic nitrogens is 2. The average molecular weight is 408 g/mol. The zero-order chi connectivity index (χ0) is 20.4. The highest BCUT2D eigenvalue weighted by molar-refractivity contribution is 7.15. The van der Waals surface area contributed by atoms with Gasteiger partial charge >= 0.3 is 0 Å². The van der Waals surface area contributed by atoms with Crippen LogP contribution in [0.4, 0.5) is 5.13 Å². The minimum absolute atomic E-state index is 0.000321. The van der Waals surface area contributed by atoms with Gasteiger partial charge in [0, 0.05) is 0 Å². The zero-order valence-electron chi connectivity index (χ0n) is 15.4. The van der Waals surface area contributed by atoms with E-state index < -0.39 is 0 Å². The van der Waals surface area contributed by atoms with Crippen LogP contribution in [0.5, 0.6) is 5.75 Å². The number of carbonyl (C=O) groups excluding carboxylic acids is 3. The second kappa shape index (κ2) is 7.80. The van der Waals surface area contributed by atoms with Gasteiger partial charge in [0.15, 0.2) is 6.61 Å². The lowest BCUT2D eigenvalue weighted by molar-refractivity contribution is -0.118. The van der Waals surface area contributed by atoms with Crippen LogP contribution < -0.4 is 10.1 Å². The van der Waals surface area contributed by atoms with Gasteiger partial charge in [-0.2, -0.15) is 0 Å². The second-order valence-electron chi connectivity index (χ2n) is 6.40. The van der Waals surface area contributed by atoms with Crippen molar-refractivity contribution in [2.45, 2.75) is 13.5 Å². The number of hydrogen-bond acceptors (Lipinski definition) is 7. The van der Waals surface area contributed by atoms with E-state index in [1.807, 2.05) is 25.1 Å². The molecule has 3 aromatic rings. The molecule has 3 amide bonds. The molecular formula is C20H16N4O4S. The maximum Gasteiger partial charge on any atom is 0.264 e. The van der Waals surface area contributed by atoms with Gasteiger partial charge in [0.2, 0.25) is 5.13 Å². The van der Waals surface area contributed by atoms with Crippen LogP contribution in [0.2, 0.25) is 0 Å². The number of nitrogens with zero attached hydrogens (tertiary/aromatic N) is 3. The van der Waals surface area contributed by atoms with Gasteiger partial charge in [-0.3, -0.25) is 24.6 Å². The standard InChI is InChI=1S/C20H16N4O4S/c1-12-5-4-6-13(9-12)28-11-16(25)21-20-23-22-17(29-20)10-24-18(26)14-7-2-3-8-15(14)19(24)27/h2-9H,10-11H2,1H3,(H,21,23,25). The lowest BCUT2D eigenvalue weighted by Crippen LogP contribution is -2.29. The van der Waals surface area contributed by atoms with Crippen LogP contribution in [0, 0.1) is 6.92 Å². The number of amides is 3. The highest BCUT2D eigenvalue weighted by Crippen LogP contribution is 2.26. The zero-order valence-corrected chi connectivity index (χ0v) is 16.2. The Balaban J connectivity index is 1.35. The molecule has 9 heteroatoms. The molecule has 0 radical (unpaired) electrons. The summed E-state index contributed by atoms with van der Waals surface area (Å²) in [6, 6.07) is 14.0. The summed E-state index contributed by atoms with van der Waals surface area (Å²) >= 11 is 1.10. The molecule has 4 rings (SSSR count). The van der Waals surface area contributed by atoms with Crippen molar-refractivity contribution in [2.24, 2.45) is 0 Å². The van der Waals surface area contributed by atoms with Gasteiger partial charge in [-0.05, 0) is 36.8 Å². The summed E-state index contributed by atoms with van der Waals surface area (Å²) in [7, 11) is 0. The van der Waals surface area contributed by atoms with Gasteiger partial charge in [-0.1, -0.05) is 35.6 Å². The third kappa shape index (κ3) is 3.99. The van der Waals surface area contributed by atoms with Crippen LogP contribution in [0.15, 0.2) is 48.5 Å². The molecule has 0 saturated heterocycles. The van der Waals surface area contributed by atoms with Crippen molar-refractivity contribution >= 4 is 34.2 Å². The largest absolute Gasteiger partial charge is 0.484 e. The SMILES string of the molecule is Cc1cccc(OCC(=O)Nc2nnc(CN3C(=O)c4ccccc4C3=O)s2)c1. The lowest BCUT2D eigenvalue weighted by atomic mass is 10.1. The van der Waals surface area contributed by atoms with E-state index in [-0.39, 0.29) is 36.0 Å². The van der Waals surface area contributed by atoms with Crippen LogP contribution in [-0.2, 0) is 11.3 Å². The molecule has 0 atom stereocenters. The molecular weight excluding hydrogens is 392 g/mol. The number of carbonyl (C=O) groups is 3. The molecule has 29 heavy (non-hydrogen) atoms. The number of fused-ring (bicyclic) bond motifs is 1. The molecule has 0 spiro atoms. The summed E-state index contributed by atoms with van der Waals surface area (Å²) in [6.07, 6.45) is 0. The fourth-order valence-electron chi connectivity index (χ4n) is 2.90. The van der Waals surface area contributed by atoms with Crippen molar-refractivity contribution in [1.29, 1.82) is 0 Å². The van der Waals surface area contributed by atoms with E-state index in [1.165, 1.54) is 0 Å². The maximum absolute atomic E-state index is 12.4. The van der Waals surface area contributed by atoms with Gasteiger partial charge in [0.25, 0.3) is 17.7 Å². The van der Waals surface area contributed by atoms with Crippen LogP contribution in [0.1, 0.15) is 31.3 Å². The maximum atomic E-state index is 12.4. The first-order chi connectivity index (χ1) is 14.0. The van der Waals surface area contributed by atoms with Crippen LogP contribution in [0.3, 0.4) is 0 Å². The number of hydrogen-bond donors (Lipinski definition) is 1. The normalized spacial score (nSPS) is 12.8. The Morgan fingerprint density at radius 2 is 1.79 bits per heavy atom. The molecule has 1 aliphatic rings. The van der Waals surface area contributed by atoms with Gasteiger partial charge in [-0.15, -0.1) is 10.2 Å². The topological polar surface area (TPSA) is 101 Å². The molecule has 0 fully saturated rings. The summed E-state index contributed by atoms with van der Waals surface area (Å²) in [4.78, 5) is 38.0. The molecule has 0 unspecified atom stereocenters. The number of rotatable bonds is 6. The summed E-state index contributed by atoms with van der Waals surface area (Å²) < 4.78 is 5.45. The highest BCUT2D eigenvalue weighted by Gasteiger charge is 2.35. The first kappa shape index (κ1) is 18.8. The third-order valence-electron chi connectivity index (χ3n) is 4.24. The Kier molecular flexibility index (Phi) is 5.05. The van der Waals surface area contributed by atoms with Crippen LogP contribution >= 0.6 is 11.3 Å². The van der Waals surface area contributed by atoms with E-state index in [2.05, 4.69) is 15.5 Å². The van der Waals surface area contributed by atoms with Crippen LogP contribution in [0.25, 0.3) is 0 Å². The van der Waals surface area contributed by atoms with E-state index in [0.29, 0.717) is 21.9 Å². The summed E-state index contributed by atoms with van der Waals surface area (Å²) in [5, 5.41) is 11.2. The molecule has 1 aromatic heterocycles. The molecule has 0 saturated carbocycles. The Labute approximate surface area is 170 Å². The van der Waals surface area contributed by atoms with E-state index in [1.54, 1.807) is 30.3 Å². The van der Waals surface area contributed by atoms with Crippen molar-refractivity contribution in [3.05, 3.63) is 70.2 Å². The molecule has 0 bridgehead atoms. The molecule has 1 N–H and O–H groups in total. The lowest BCUT2D eigenvalue weighted by Gasteiger charge is -2.10. The van der Waals surface area contributed by atoms with E-state index in [0.717, 1.165) is 21.8 Å². The fraction of sp³-hybridized carbons (Fsp3) is 0.150. The molecule has 2 heterocycles. The van der Waals surface area contributed by atoms with Crippen molar-refractivity contribution in [3.63, 3.8) is 0 Å². The summed E-state index contributed by atoms with van der Waals surface area (Å²) in [5.41, 5.74) is 1.79. The first-order valence-electron chi connectivity index (χ1n) is 8.78. The number of anilines is 1. The predicted molar refractivity (Wildman–Crippen MR) is 106 cm³/mol. The molecule has 8 nitrogen and oxygen atoms in total. The Bertz CT molecular complexity index is 1080. The van der Waals surface area contributed by atoms with Crippen molar-refractivity contribution in [1.82, 2.24) is 15.1 Å². The number of benzene rings is 2. The van der Waals surface area contributed by atoms with Gasteiger partial charge in [-0.25, -0.2) is 0 Å². The average Bonchev–Trinajstić information content (AvgIpc) is 3.25. The first-order valence-corrected chi connectivity index (χ1v) is 9.60. The molecule has 0 aliphatic carbocycles. The highest BCUT2D eigenvalue weighted by atomic mass is 32.1. The van der Waals surface area contributed by atoms with E-state index in [9.17, 15) is 14.4 Å². The molecule has 1 aliphatic heterocycles. The molecule has 2 aromatic carbocycles. The number of nitrogens with one attached hydrogen (secondary N) is 1. The third-order valence-corrected chi connectivity index (χ3v) is 5.07. The smallest absolute Gasteiger partial charge is 0.264 e. The van der Waals surface area contributed by atoms with Gasteiger partial charge in [0.1, 0.15) is 10.8 Å². The summed E-state index contributed by atoms with van der Waals surface area (Å²) in [6.45, 7) is 1.76. The molecule has 146 valence electrons. The fourth-order valence-corrected chi connectivity index (χ4v) is 3.64. The monoisotopic (exact) mass is 408 g/mol. The van der Waals surface area contributed by atoms with Crippen molar-refractivity contribution < 1.29 is 19.1 Å². The number of ether oxygens (including phenoxy) is 1. The van der Waals surface area contributed by atoms with Crippen LogP contribution in [-0.4, -0.2) is 39.4 Å². The Hall–Kier alpha value is -3.59. The van der Waals surface area contributed by atoms with Gasteiger partial charge < -0.3 is 4.74 Å². The second-order valence-corrected chi connectivity index (χ2v) is 7.46. The van der Waals surface area contributed by atoms with E-state index in [4.69, 9.17) is 4.74 Å². The Morgan fingerprint density at radius 3 is 2.48 bits per heavy atom. The van der Waals surface area contributed by atoms with Crippen molar-refractivity contribution in [2.75, 3.05) is 11.9 Å². The quantitative estimate of drug-likeness (QED) is 0.629. The number of aryl methyl sites for hydroxylation is 1. The minimum atomic E-state index is -0.380. The van der Waals surface area contributed by atoms with E-state index >= 15 is 0 Å². The van der Waals surface area contributed by atoms with Gasteiger partial charge in [0.05, 0.1) is 17.7 Å². The van der Waals surface area contributed by atoms with Crippen molar-refractivity contribution in [3.8, 4) is 5.75 Å². The number of imide groups is 1. The summed E-state index contributed by atoms with van der Waals surface area (Å²) in [5.74, 6) is -0.505. The predicted octanol–water partition coefficient (Wildman–Crippen LogP) is 2.66.